The van der Waals surface area contributed by atoms with E-state index in [0.717, 1.165) is 49.2 Å². The Labute approximate surface area is 141 Å². The van der Waals surface area contributed by atoms with Crippen molar-refractivity contribution in [1.82, 2.24) is 14.3 Å². The average molecular weight is 347 g/mol. The minimum absolute atomic E-state index is 0.159. The molecular weight excluding hydrogens is 326 g/mol. The molecule has 2 fully saturated rings. The summed E-state index contributed by atoms with van der Waals surface area (Å²) in [6.07, 6.45) is 6.10. The Morgan fingerprint density at radius 1 is 1.25 bits per heavy atom. The third-order valence-electron chi connectivity index (χ3n) is 5.09. The number of nitrogens with one attached hydrogen (secondary N) is 1. The first-order valence-electron chi connectivity index (χ1n) is 7.93. The van der Waals surface area contributed by atoms with Gasteiger partial charge in [-0.2, -0.15) is 0 Å². The highest BCUT2D eigenvalue weighted by molar-refractivity contribution is 7.89. The van der Waals surface area contributed by atoms with Gasteiger partial charge in [0.15, 0.2) is 0 Å². The maximum Gasteiger partial charge on any atom is 0.240 e. The molecule has 1 atom stereocenters. The number of nitrogens with zero attached hydrogens (tertiary/aromatic N) is 4. The van der Waals surface area contributed by atoms with E-state index in [1.54, 1.807) is 23.8 Å². The van der Waals surface area contributed by atoms with Crippen LogP contribution in [0.15, 0.2) is 24.5 Å². The zero-order valence-corrected chi connectivity index (χ0v) is 14.7. The zero-order chi connectivity index (χ0) is 16.9. The monoisotopic (exact) mass is 347 g/mol. The molecule has 128 valence electrons. The molecule has 24 heavy (non-hydrogen) atoms. The Balaban J connectivity index is 1.62. The normalized spacial score (nSPS) is 22.5. The average Bonchev–Trinajstić information content (AvgIpc) is 2.97. The first-order chi connectivity index (χ1) is 11.4. The van der Waals surface area contributed by atoms with Crippen LogP contribution in [-0.2, 0) is 9.92 Å². The maximum absolute atomic E-state index is 11.9. The standard InChI is InChI=1S/C16H21N5O2S/c1-23-15-14-12(3-6-19-15)13(4-7-18-14)20-8-5-16(9-20)10-21(11-16)24(2,17)22/h3-4,6-7,17H,5,8-11H2,1-2H3. The van der Waals surface area contributed by atoms with Crippen LogP contribution in [0.1, 0.15) is 6.42 Å². The fourth-order valence-electron chi connectivity index (χ4n) is 3.81. The second kappa shape index (κ2) is 5.29. The number of fused-ring (bicyclic) bond motifs is 1. The molecule has 1 unspecified atom stereocenters. The van der Waals surface area contributed by atoms with Crippen LogP contribution in [0.4, 0.5) is 5.69 Å². The highest BCUT2D eigenvalue weighted by atomic mass is 32.2. The van der Waals surface area contributed by atoms with E-state index >= 15 is 0 Å². The third kappa shape index (κ3) is 2.41. The lowest BCUT2D eigenvalue weighted by atomic mass is 9.81. The number of ether oxygens (including phenoxy) is 1. The summed E-state index contributed by atoms with van der Waals surface area (Å²) < 4.78 is 26.7. The summed E-state index contributed by atoms with van der Waals surface area (Å²) in [5.74, 6) is 0.540. The van der Waals surface area contributed by atoms with Gasteiger partial charge in [-0.3, -0.25) is 4.98 Å². The first kappa shape index (κ1) is 15.6. The zero-order valence-electron chi connectivity index (χ0n) is 13.9. The first-order valence-corrected chi connectivity index (χ1v) is 9.86. The Morgan fingerprint density at radius 2 is 2.00 bits per heavy atom. The van der Waals surface area contributed by atoms with Crippen LogP contribution in [0, 0.1) is 10.2 Å². The van der Waals surface area contributed by atoms with Gasteiger partial charge in [-0.25, -0.2) is 18.3 Å². The van der Waals surface area contributed by atoms with E-state index in [0.29, 0.717) is 5.88 Å². The molecule has 4 heterocycles. The van der Waals surface area contributed by atoms with E-state index in [1.807, 2.05) is 12.1 Å². The van der Waals surface area contributed by atoms with Crippen LogP contribution in [0.2, 0.25) is 0 Å². The molecule has 2 aliphatic heterocycles. The molecule has 4 rings (SSSR count). The molecule has 0 saturated carbocycles. The highest BCUT2D eigenvalue weighted by Crippen LogP contribution is 2.43. The molecule has 2 aliphatic rings. The van der Waals surface area contributed by atoms with Gasteiger partial charge in [-0.15, -0.1) is 0 Å². The summed E-state index contributed by atoms with van der Waals surface area (Å²) in [4.78, 5) is 11.0. The van der Waals surface area contributed by atoms with Crippen molar-refractivity contribution in [3.63, 3.8) is 0 Å². The molecule has 0 aliphatic carbocycles. The molecule has 0 radical (unpaired) electrons. The van der Waals surface area contributed by atoms with Gasteiger partial charge < -0.3 is 9.64 Å². The van der Waals surface area contributed by atoms with Crippen molar-refractivity contribution in [2.45, 2.75) is 6.42 Å². The number of hydrogen-bond donors (Lipinski definition) is 1. The SMILES string of the molecule is COc1nccc2c(N3CCC4(C3)CN(S(C)(=N)=O)C4)ccnc12. The fraction of sp³-hybridized carbons (Fsp3) is 0.500. The Hall–Kier alpha value is -1.93. The van der Waals surface area contributed by atoms with Crippen molar-refractivity contribution in [2.24, 2.45) is 5.41 Å². The quantitative estimate of drug-likeness (QED) is 0.914. The number of hydrogen-bond acceptors (Lipinski definition) is 6. The van der Waals surface area contributed by atoms with Crippen LogP contribution in [0.25, 0.3) is 10.9 Å². The van der Waals surface area contributed by atoms with Gasteiger partial charge >= 0.3 is 0 Å². The summed E-state index contributed by atoms with van der Waals surface area (Å²) >= 11 is 0. The van der Waals surface area contributed by atoms with E-state index in [4.69, 9.17) is 9.52 Å². The van der Waals surface area contributed by atoms with Gasteiger partial charge in [0.05, 0.1) is 7.11 Å². The van der Waals surface area contributed by atoms with Gasteiger partial charge in [-0.1, -0.05) is 0 Å². The minimum atomic E-state index is -2.58. The van der Waals surface area contributed by atoms with Crippen LogP contribution >= 0.6 is 0 Å². The molecule has 1 spiro atoms. The van der Waals surface area contributed by atoms with Crippen molar-refractivity contribution in [1.29, 1.82) is 4.78 Å². The van der Waals surface area contributed by atoms with Crippen molar-refractivity contribution < 1.29 is 8.95 Å². The molecule has 2 aromatic rings. The van der Waals surface area contributed by atoms with Crippen molar-refractivity contribution in [3.8, 4) is 5.88 Å². The van der Waals surface area contributed by atoms with Gasteiger partial charge in [0, 0.05) is 61.3 Å². The molecule has 0 bridgehead atoms. The van der Waals surface area contributed by atoms with Crippen molar-refractivity contribution >= 4 is 26.5 Å². The summed E-state index contributed by atoms with van der Waals surface area (Å²) in [6.45, 7) is 3.37. The lowest BCUT2D eigenvalue weighted by Gasteiger charge is -2.47. The third-order valence-corrected chi connectivity index (χ3v) is 6.33. The number of pyridine rings is 2. The van der Waals surface area contributed by atoms with Crippen molar-refractivity contribution in [3.05, 3.63) is 24.5 Å². The van der Waals surface area contributed by atoms with Crippen LogP contribution < -0.4 is 9.64 Å². The van der Waals surface area contributed by atoms with Crippen LogP contribution in [0.3, 0.4) is 0 Å². The van der Waals surface area contributed by atoms with Gasteiger partial charge in [-0.05, 0) is 18.6 Å². The van der Waals surface area contributed by atoms with E-state index < -0.39 is 9.92 Å². The summed E-state index contributed by atoms with van der Waals surface area (Å²) in [7, 11) is -0.971. The second-order valence-electron chi connectivity index (χ2n) is 6.82. The predicted molar refractivity (Wildman–Crippen MR) is 93.7 cm³/mol. The van der Waals surface area contributed by atoms with E-state index in [-0.39, 0.29) is 5.41 Å². The molecule has 8 heteroatoms. The van der Waals surface area contributed by atoms with E-state index in [9.17, 15) is 4.21 Å². The van der Waals surface area contributed by atoms with Gasteiger partial charge in [0.25, 0.3) is 0 Å². The van der Waals surface area contributed by atoms with Crippen LogP contribution in [0.5, 0.6) is 5.88 Å². The second-order valence-corrected chi connectivity index (χ2v) is 8.94. The fourth-order valence-corrected chi connectivity index (χ4v) is 4.85. The molecular formula is C16H21N5O2S. The molecule has 0 aromatic carbocycles. The molecule has 0 amide bonds. The van der Waals surface area contributed by atoms with Gasteiger partial charge in [0.2, 0.25) is 5.88 Å². The topological polar surface area (TPSA) is 82.4 Å². The van der Waals surface area contributed by atoms with E-state index in [1.165, 1.54) is 6.26 Å². The molecule has 2 saturated heterocycles. The molecule has 7 nitrogen and oxygen atoms in total. The number of methoxy groups -OCH3 is 1. The summed E-state index contributed by atoms with van der Waals surface area (Å²) in [5, 5.41) is 1.04. The highest BCUT2D eigenvalue weighted by Gasteiger charge is 2.49. The maximum atomic E-state index is 11.9. The summed E-state index contributed by atoms with van der Waals surface area (Å²) in [6, 6.07) is 4.01. The van der Waals surface area contributed by atoms with Crippen LogP contribution in [-0.4, -0.2) is 58.0 Å². The van der Waals surface area contributed by atoms with Gasteiger partial charge in [0.1, 0.15) is 15.4 Å². The Kier molecular flexibility index (Phi) is 3.43. The number of aromatic nitrogens is 2. The van der Waals surface area contributed by atoms with E-state index in [2.05, 4.69) is 14.9 Å². The number of rotatable bonds is 3. The smallest absolute Gasteiger partial charge is 0.240 e. The summed E-state index contributed by atoms with van der Waals surface area (Å²) in [5.41, 5.74) is 2.07. The Bertz CT molecular complexity index is 892. The lowest BCUT2D eigenvalue weighted by molar-refractivity contribution is 0.0978. The largest absolute Gasteiger partial charge is 0.479 e. The molecule has 1 N–H and O–H groups in total. The molecule has 2 aromatic heterocycles. The lowest BCUT2D eigenvalue weighted by Crippen LogP contribution is -2.58. The number of anilines is 1. The minimum Gasteiger partial charge on any atom is -0.479 e. The Morgan fingerprint density at radius 3 is 2.71 bits per heavy atom. The predicted octanol–water partition coefficient (Wildman–Crippen LogP) is 1.74. The van der Waals surface area contributed by atoms with Crippen molar-refractivity contribution in [2.75, 3.05) is 44.4 Å².